The average Bonchev–Trinajstić information content (AvgIpc) is 3.27. The average molecular weight is 411 g/mol. The number of pyridine rings is 2. The summed E-state index contributed by atoms with van der Waals surface area (Å²) in [6.45, 7) is 0. The number of benzene rings is 2. The molecule has 5 aromatic rings. The Hall–Kier alpha value is -4.66. The second-order valence-electron chi connectivity index (χ2n) is 6.76. The van der Waals surface area contributed by atoms with E-state index < -0.39 is 11.9 Å². The first-order valence-corrected chi connectivity index (χ1v) is 9.20. The number of aromatic carboxylic acids is 2. The Kier molecular flexibility index (Phi) is 4.14. The van der Waals surface area contributed by atoms with Gasteiger partial charge >= 0.3 is 11.9 Å². The summed E-state index contributed by atoms with van der Waals surface area (Å²) >= 11 is 0. The van der Waals surface area contributed by atoms with Crippen LogP contribution in [0.5, 0.6) is 0 Å². The Balaban J connectivity index is 1.65. The van der Waals surface area contributed by atoms with Crippen LogP contribution < -0.4 is 0 Å². The van der Waals surface area contributed by atoms with Gasteiger partial charge in [0.05, 0.1) is 22.2 Å². The summed E-state index contributed by atoms with van der Waals surface area (Å²) in [4.78, 5) is 36.8. The van der Waals surface area contributed by atoms with E-state index in [1.807, 2.05) is 0 Å². The van der Waals surface area contributed by atoms with Gasteiger partial charge in [0.15, 0.2) is 11.6 Å². The van der Waals surface area contributed by atoms with Crippen LogP contribution in [0.3, 0.4) is 0 Å². The molecule has 3 aromatic heterocycles. The Morgan fingerprint density at radius 2 is 1.23 bits per heavy atom. The molecule has 9 nitrogen and oxygen atoms in total. The van der Waals surface area contributed by atoms with Gasteiger partial charge < -0.3 is 10.2 Å². The molecule has 0 bridgehead atoms. The normalized spacial score (nSPS) is 11.1. The van der Waals surface area contributed by atoms with Crippen molar-refractivity contribution in [3.05, 3.63) is 71.8 Å². The quantitative estimate of drug-likeness (QED) is 0.407. The van der Waals surface area contributed by atoms with E-state index in [0.717, 1.165) is 0 Å². The highest BCUT2D eigenvalue weighted by Crippen LogP contribution is 2.26. The maximum absolute atomic E-state index is 11.7. The van der Waals surface area contributed by atoms with E-state index >= 15 is 0 Å². The van der Waals surface area contributed by atoms with Gasteiger partial charge in [-0.1, -0.05) is 36.4 Å². The second-order valence-corrected chi connectivity index (χ2v) is 6.76. The molecule has 2 aromatic carbocycles. The van der Waals surface area contributed by atoms with Crippen LogP contribution in [0.4, 0.5) is 0 Å². The predicted octanol–water partition coefficient (Wildman–Crippen LogP) is 3.63. The number of carboxylic acid groups (broad SMARTS) is 2. The zero-order chi connectivity index (χ0) is 21.5. The van der Waals surface area contributed by atoms with Crippen molar-refractivity contribution >= 4 is 33.7 Å². The van der Waals surface area contributed by atoms with E-state index in [2.05, 4.69) is 25.1 Å². The molecular formula is C22H13N5O4. The highest BCUT2D eigenvalue weighted by atomic mass is 16.4. The van der Waals surface area contributed by atoms with Gasteiger partial charge in [-0.25, -0.2) is 24.5 Å². The maximum atomic E-state index is 11.7. The molecule has 0 atom stereocenters. The number of rotatable bonds is 4. The Labute approximate surface area is 174 Å². The van der Waals surface area contributed by atoms with Gasteiger partial charge in [0.2, 0.25) is 0 Å². The largest absolute Gasteiger partial charge is 0.478 e. The standard InChI is InChI=1S/C22H13N5O4/c28-21(29)13-9-17(23-15-7-3-1-5-11(13)15)19-25-20(27-26-19)18-10-14(22(30)31)12-6-2-4-8-16(12)24-18/h1-10H,(H,28,29)(H,30,31)(H,25,26,27). The zero-order valence-electron chi connectivity index (χ0n) is 15.8. The summed E-state index contributed by atoms with van der Waals surface area (Å²) in [6.07, 6.45) is 0. The molecule has 0 aliphatic heterocycles. The number of hydrogen-bond donors (Lipinski definition) is 3. The SMILES string of the molecule is O=C(O)c1cc(-c2n[nH]c(-c3cc(C(=O)O)c4ccccc4n3)n2)nc2ccccc12. The number of H-pyrrole nitrogens is 1. The molecule has 31 heavy (non-hydrogen) atoms. The molecule has 0 spiro atoms. The van der Waals surface area contributed by atoms with Crippen molar-refractivity contribution in [1.29, 1.82) is 0 Å². The second kappa shape index (κ2) is 6.99. The van der Waals surface area contributed by atoms with Gasteiger partial charge in [-0.3, -0.25) is 5.10 Å². The van der Waals surface area contributed by atoms with Gasteiger partial charge in [-0.05, 0) is 24.3 Å². The van der Waals surface area contributed by atoms with E-state index in [9.17, 15) is 19.8 Å². The van der Waals surface area contributed by atoms with E-state index in [4.69, 9.17) is 0 Å². The van der Waals surface area contributed by atoms with E-state index in [-0.39, 0.29) is 28.5 Å². The molecule has 5 rings (SSSR count). The number of carbonyl (C=O) groups is 2. The number of aromatic amines is 1. The molecular weight excluding hydrogens is 398 g/mol. The fourth-order valence-corrected chi connectivity index (χ4v) is 3.43. The Morgan fingerprint density at radius 3 is 1.81 bits per heavy atom. The molecule has 0 saturated heterocycles. The van der Waals surface area contributed by atoms with Crippen molar-refractivity contribution in [1.82, 2.24) is 25.1 Å². The van der Waals surface area contributed by atoms with Crippen molar-refractivity contribution < 1.29 is 19.8 Å². The number of nitrogens with zero attached hydrogens (tertiary/aromatic N) is 4. The molecule has 3 heterocycles. The number of para-hydroxylation sites is 2. The van der Waals surface area contributed by atoms with Crippen LogP contribution in [-0.4, -0.2) is 47.3 Å². The highest BCUT2D eigenvalue weighted by molar-refractivity contribution is 6.04. The Bertz CT molecular complexity index is 1400. The maximum Gasteiger partial charge on any atom is 0.336 e. The van der Waals surface area contributed by atoms with E-state index in [1.54, 1.807) is 48.5 Å². The summed E-state index contributed by atoms with van der Waals surface area (Å²) in [5, 5.41) is 27.1. The van der Waals surface area contributed by atoms with Crippen LogP contribution in [0.15, 0.2) is 60.7 Å². The summed E-state index contributed by atoms with van der Waals surface area (Å²) in [6, 6.07) is 16.7. The van der Waals surface area contributed by atoms with Crippen molar-refractivity contribution in [2.24, 2.45) is 0 Å². The summed E-state index contributed by atoms with van der Waals surface area (Å²) in [5.74, 6) is -1.75. The molecule has 0 aliphatic rings. The van der Waals surface area contributed by atoms with Crippen LogP contribution in [0.1, 0.15) is 20.7 Å². The first-order valence-electron chi connectivity index (χ1n) is 9.20. The summed E-state index contributed by atoms with van der Waals surface area (Å²) in [7, 11) is 0. The van der Waals surface area contributed by atoms with E-state index in [1.165, 1.54) is 12.1 Å². The van der Waals surface area contributed by atoms with Gasteiger partial charge in [0.1, 0.15) is 11.4 Å². The molecule has 9 heteroatoms. The van der Waals surface area contributed by atoms with Crippen molar-refractivity contribution in [2.75, 3.05) is 0 Å². The number of fused-ring (bicyclic) bond motifs is 2. The number of carboxylic acids is 2. The monoisotopic (exact) mass is 411 g/mol. The van der Waals surface area contributed by atoms with Crippen molar-refractivity contribution in [3.8, 4) is 23.0 Å². The molecule has 0 radical (unpaired) electrons. The van der Waals surface area contributed by atoms with Gasteiger partial charge in [0, 0.05) is 10.8 Å². The third-order valence-corrected chi connectivity index (χ3v) is 4.85. The minimum Gasteiger partial charge on any atom is -0.478 e. The van der Waals surface area contributed by atoms with E-state index in [0.29, 0.717) is 27.5 Å². The lowest BCUT2D eigenvalue weighted by Gasteiger charge is -2.05. The highest BCUT2D eigenvalue weighted by Gasteiger charge is 2.18. The number of nitrogens with one attached hydrogen (secondary N) is 1. The zero-order valence-corrected chi connectivity index (χ0v) is 15.8. The van der Waals surface area contributed by atoms with Crippen LogP contribution in [-0.2, 0) is 0 Å². The van der Waals surface area contributed by atoms with Crippen molar-refractivity contribution in [2.45, 2.75) is 0 Å². The number of aromatic nitrogens is 5. The fraction of sp³-hybridized carbons (Fsp3) is 0. The molecule has 3 N–H and O–H groups in total. The van der Waals surface area contributed by atoms with Crippen molar-refractivity contribution in [3.63, 3.8) is 0 Å². The lowest BCUT2D eigenvalue weighted by atomic mass is 10.1. The summed E-state index contributed by atoms with van der Waals surface area (Å²) < 4.78 is 0. The molecule has 0 saturated carbocycles. The van der Waals surface area contributed by atoms with Gasteiger partial charge in [-0.2, -0.15) is 5.10 Å². The molecule has 0 unspecified atom stereocenters. The first-order chi connectivity index (χ1) is 15.0. The van der Waals surface area contributed by atoms with Crippen LogP contribution in [0.2, 0.25) is 0 Å². The fourth-order valence-electron chi connectivity index (χ4n) is 3.43. The first kappa shape index (κ1) is 18.4. The van der Waals surface area contributed by atoms with Gasteiger partial charge in [-0.15, -0.1) is 0 Å². The van der Waals surface area contributed by atoms with Crippen LogP contribution in [0.25, 0.3) is 44.8 Å². The third kappa shape index (κ3) is 3.14. The molecule has 150 valence electrons. The summed E-state index contributed by atoms with van der Waals surface area (Å²) in [5.41, 5.74) is 1.76. The van der Waals surface area contributed by atoms with Crippen LogP contribution in [0, 0.1) is 0 Å². The predicted molar refractivity (Wildman–Crippen MR) is 112 cm³/mol. The van der Waals surface area contributed by atoms with Crippen LogP contribution >= 0.6 is 0 Å². The lowest BCUT2D eigenvalue weighted by molar-refractivity contribution is 0.0688. The minimum absolute atomic E-state index is 0.0870. The lowest BCUT2D eigenvalue weighted by Crippen LogP contribution is -2.01. The molecule has 0 aliphatic carbocycles. The molecule has 0 fully saturated rings. The molecule has 0 amide bonds. The minimum atomic E-state index is -1.09. The number of hydrogen-bond acceptors (Lipinski definition) is 6. The smallest absolute Gasteiger partial charge is 0.336 e. The Morgan fingerprint density at radius 1 is 0.710 bits per heavy atom. The third-order valence-electron chi connectivity index (χ3n) is 4.85. The van der Waals surface area contributed by atoms with Gasteiger partial charge in [0.25, 0.3) is 0 Å². The topological polar surface area (TPSA) is 142 Å².